The van der Waals surface area contributed by atoms with Gasteiger partial charge >= 0.3 is 6.09 Å². The van der Waals surface area contributed by atoms with Gasteiger partial charge in [0.25, 0.3) is 0 Å². The van der Waals surface area contributed by atoms with E-state index >= 15 is 0 Å². The molecule has 2 rings (SSSR count). The third kappa shape index (κ3) is 4.30. The van der Waals surface area contributed by atoms with Crippen molar-refractivity contribution in [2.45, 2.75) is 65.5 Å². The molecule has 126 valence electrons. The quantitative estimate of drug-likeness (QED) is 0.836. The van der Waals surface area contributed by atoms with E-state index in [9.17, 15) is 4.79 Å². The van der Waals surface area contributed by atoms with Crippen molar-refractivity contribution in [2.24, 2.45) is 4.99 Å². The maximum Gasteiger partial charge on any atom is 0.416 e. The van der Waals surface area contributed by atoms with Crippen LogP contribution in [0, 0.1) is 0 Å². The Morgan fingerprint density at radius 1 is 1.43 bits per heavy atom. The van der Waals surface area contributed by atoms with Crippen LogP contribution in [0.4, 0.5) is 10.6 Å². The van der Waals surface area contributed by atoms with Crippen LogP contribution in [0.2, 0.25) is 0 Å². The van der Waals surface area contributed by atoms with E-state index in [4.69, 9.17) is 4.74 Å². The van der Waals surface area contributed by atoms with Crippen molar-refractivity contribution in [1.29, 1.82) is 0 Å². The van der Waals surface area contributed by atoms with E-state index in [2.05, 4.69) is 16.9 Å². The lowest BCUT2D eigenvalue weighted by Gasteiger charge is -2.31. The lowest BCUT2D eigenvalue weighted by molar-refractivity contribution is 0.0566. The molecule has 0 saturated carbocycles. The molecule has 1 atom stereocenters. The number of rotatable bonds is 4. The van der Waals surface area contributed by atoms with Gasteiger partial charge in [-0.1, -0.05) is 6.92 Å². The van der Waals surface area contributed by atoms with Crippen molar-refractivity contribution in [3.8, 4) is 0 Å². The lowest BCUT2D eigenvalue weighted by atomic mass is 10.1. The first-order valence-corrected chi connectivity index (χ1v) is 8.34. The van der Waals surface area contributed by atoms with Gasteiger partial charge in [-0.2, -0.15) is 0 Å². The van der Waals surface area contributed by atoms with Crippen molar-refractivity contribution in [1.82, 2.24) is 4.98 Å². The summed E-state index contributed by atoms with van der Waals surface area (Å²) in [6.07, 6.45) is 4.17. The van der Waals surface area contributed by atoms with Gasteiger partial charge < -0.3 is 4.74 Å². The molecule has 0 fully saturated rings. The summed E-state index contributed by atoms with van der Waals surface area (Å²) in [5.41, 5.74) is 1.43. The van der Waals surface area contributed by atoms with Crippen LogP contribution in [0.5, 0.6) is 0 Å². The number of hydrogen-bond acceptors (Lipinski definition) is 4. The molecule has 0 bridgehead atoms. The average Bonchev–Trinajstić information content (AvgIpc) is 3.00. The predicted molar refractivity (Wildman–Crippen MR) is 93.3 cm³/mol. The van der Waals surface area contributed by atoms with E-state index in [0.717, 1.165) is 37.1 Å². The highest BCUT2D eigenvalue weighted by Crippen LogP contribution is 2.26. The fourth-order valence-corrected chi connectivity index (χ4v) is 2.54. The number of carbonyl (C=O) groups is 1. The minimum atomic E-state index is -0.539. The Morgan fingerprint density at radius 2 is 2.17 bits per heavy atom. The molecule has 0 saturated heterocycles. The highest BCUT2D eigenvalue weighted by molar-refractivity contribution is 6.07. The zero-order valence-corrected chi connectivity index (χ0v) is 14.8. The normalized spacial score (nSPS) is 16.0. The third-order valence-electron chi connectivity index (χ3n) is 3.82. The van der Waals surface area contributed by atoms with Crippen LogP contribution < -0.4 is 4.90 Å². The van der Waals surface area contributed by atoms with Gasteiger partial charge in [-0.15, -0.1) is 0 Å². The molecule has 1 aromatic heterocycles. The molecule has 23 heavy (non-hydrogen) atoms. The van der Waals surface area contributed by atoms with Crippen molar-refractivity contribution in [3.05, 3.63) is 23.9 Å². The van der Waals surface area contributed by atoms with Gasteiger partial charge in [0.05, 0.1) is 0 Å². The zero-order chi connectivity index (χ0) is 17.0. The molecule has 5 nitrogen and oxygen atoms in total. The third-order valence-corrected chi connectivity index (χ3v) is 3.82. The summed E-state index contributed by atoms with van der Waals surface area (Å²) in [6.45, 7) is 10.5. The minimum Gasteiger partial charge on any atom is -0.443 e. The maximum absolute atomic E-state index is 12.8. The molecule has 1 amide bonds. The highest BCUT2D eigenvalue weighted by atomic mass is 16.6. The number of anilines is 1. The minimum absolute atomic E-state index is 0.000466. The van der Waals surface area contributed by atoms with Crippen LogP contribution in [0.3, 0.4) is 0 Å². The largest absolute Gasteiger partial charge is 0.443 e. The maximum atomic E-state index is 12.8. The predicted octanol–water partition coefficient (Wildman–Crippen LogP) is 4.20. The van der Waals surface area contributed by atoms with E-state index in [1.807, 2.05) is 39.8 Å². The number of hydrogen-bond donors (Lipinski definition) is 0. The average molecular weight is 317 g/mol. The topological polar surface area (TPSA) is 54.8 Å². The summed E-state index contributed by atoms with van der Waals surface area (Å²) in [4.78, 5) is 23.5. The van der Waals surface area contributed by atoms with Crippen LogP contribution >= 0.6 is 0 Å². The molecular weight excluding hydrogens is 290 g/mol. The van der Waals surface area contributed by atoms with Gasteiger partial charge in [0.2, 0.25) is 0 Å². The Bertz CT molecular complexity index is 590. The number of ether oxygens (including phenoxy) is 1. The first-order chi connectivity index (χ1) is 10.8. The number of aliphatic imine (C=N–C) groups is 1. The molecule has 1 aliphatic rings. The number of aromatic nitrogens is 1. The molecular formula is C18H27N3O2. The first-order valence-electron chi connectivity index (χ1n) is 8.34. The summed E-state index contributed by atoms with van der Waals surface area (Å²) in [7, 11) is 0. The van der Waals surface area contributed by atoms with Crippen molar-refractivity contribution < 1.29 is 9.53 Å². The van der Waals surface area contributed by atoms with Crippen molar-refractivity contribution in [2.75, 3.05) is 11.4 Å². The highest BCUT2D eigenvalue weighted by Gasteiger charge is 2.30. The summed E-state index contributed by atoms with van der Waals surface area (Å²) < 4.78 is 5.60. The molecule has 1 aromatic rings. The first kappa shape index (κ1) is 17.4. The van der Waals surface area contributed by atoms with Gasteiger partial charge in [0, 0.05) is 30.1 Å². The summed E-state index contributed by atoms with van der Waals surface area (Å²) in [6, 6.07) is 3.89. The van der Waals surface area contributed by atoms with Crippen LogP contribution in [-0.2, 0) is 4.74 Å². The Hall–Kier alpha value is -1.91. The smallest absolute Gasteiger partial charge is 0.416 e. The van der Waals surface area contributed by atoms with Gasteiger partial charge in [0.15, 0.2) is 0 Å². The van der Waals surface area contributed by atoms with E-state index in [0.29, 0.717) is 5.82 Å². The number of nitrogens with zero attached hydrogens (tertiary/aromatic N) is 3. The molecule has 1 unspecified atom stereocenters. The van der Waals surface area contributed by atoms with Gasteiger partial charge in [-0.3, -0.25) is 9.89 Å². The second kappa shape index (κ2) is 7.11. The van der Waals surface area contributed by atoms with E-state index in [1.165, 1.54) is 0 Å². The van der Waals surface area contributed by atoms with E-state index in [1.54, 1.807) is 11.1 Å². The summed E-state index contributed by atoms with van der Waals surface area (Å²) in [5.74, 6) is 0.650. The number of carbonyl (C=O) groups excluding carboxylic acids is 1. The Kier molecular flexibility index (Phi) is 5.39. The summed E-state index contributed by atoms with van der Waals surface area (Å²) in [5, 5.41) is 0. The second-order valence-electron chi connectivity index (χ2n) is 6.91. The standard InChI is InChI=1S/C18H27N3O2/c1-6-13(2)21(17(22)23-18(3,4)5)16-14(9-7-12-20-16)15-10-8-11-19-15/h7,9,12-13H,6,8,10-11H2,1-5H3. The van der Waals surface area contributed by atoms with Crippen molar-refractivity contribution in [3.63, 3.8) is 0 Å². The zero-order valence-electron chi connectivity index (χ0n) is 14.8. The molecule has 0 aromatic carbocycles. The molecule has 0 radical (unpaired) electrons. The number of pyridine rings is 1. The SMILES string of the molecule is CCC(C)N(C(=O)OC(C)(C)C)c1ncccc1C1=NCCC1. The molecule has 1 aliphatic heterocycles. The summed E-state index contributed by atoms with van der Waals surface area (Å²) >= 11 is 0. The molecule has 0 aliphatic carbocycles. The van der Waals surface area contributed by atoms with Gasteiger partial charge in [-0.25, -0.2) is 9.78 Å². The Labute approximate surface area is 138 Å². The van der Waals surface area contributed by atoms with Crippen LogP contribution in [0.25, 0.3) is 0 Å². The fourth-order valence-electron chi connectivity index (χ4n) is 2.54. The Morgan fingerprint density at radius 3 is 2.74 bits per heavy atom. The molecule has 5 heteroatoms. The fraction of sp³-hybridized carbons (Fsp3) is 0.611. The van der Waals surface area contributed by atoms with E-state index < -0.39 is 5.60 Å². The van der Waals surface area contributed by atoms with Crippen molar-refractivity contribution >= 4 is 17.6 Å². The Balaban J connectivity index is 2.42. The lowest BCUT2D eigenvalue weighted by Crippen LogP contribution is -2.43. The van der Waals surface area contributed by atoms with E-state index in [-0.39, 0.29) is 12.1 Å². The van der Waals surface area contributed by atoms with Crippen LogP contribution in [0.15, 0.2) is 23.3 Å². The van der Waals surface area contributed by atoms with Gasteiger partial charge in [0.1, 0.15) is 11.4 Å². The number of amides is 1. The van der Waals surface area contributed by atoms with Gasteiger partial charge in [-0.05, 0) is 59.1 Å². The molecule has 0 spiro atoms. The molecule has 0 N–H and O–H groups in total. The molecule has 2 heterocycles. The van der Waals surface area contributed by atoms with Crippen LogP contribution in [-0.4, -0.2) is 35.0 Å². The monoisotopic (exact) mass is 317 g/mol. The second-order valence-corrected chi connectivity index (χ2v) is 6.91. The van der Waals surface area contributed by atoms with Crippen LogP contribution in [0.1, 0.15) is 59.4 Å².